The molecule has 1 aromatic heterocycles. The van der Waals surface area contributed by atoms with Crippen LogP contribution in [0.1, 0.15) is 26.2 Å². The van der Waals surface area contributed by atoms with Gasteiger partial charge in [-0.15, -0.1) is 0 Å². The molecule has 1 heterocycles. The first kappa shape index (κ1) is 14.1. The average molecular weight is 263 g/mol. The molecule has 0 amide bonds. The maximum absolute atomic E-state index is 5.82. The van der Waals surface area contributed by atoms with Gasteiger partial charge in [-0.25, -0.2) is 9.97 Å². The first-order valence-corrected chi connectivity index (χ1v) is 7.06. The van der Waals surface area contributed by atoms with Crippen LogP contribution in [0.4, 0.5) is 11.6 Å². The summed E-state index contributed by atoms with van der Waals surface area (Å²) in [6.07, 6.45) is 5.73. The molecule has 2 N–H and O–H groups in total. The van der Waals surface area contributed by atoms with Crippen LogP contribution in [0.5, 0.6) is 0 Å². The van der Waals surface area contributed by atoms with Crippen LogP contribution in [0.25, 0.3) is 0 Å². The molecule has 0 aliphatic heterocycles. The third-order valence-corrected chi connectivity index (χ3v) is 3.74. The molecule has 5 heteroatoms. The summed E-state index contributed by atoms with van der Waals surface area (Å²) in [7, 11) is 4.12. The minimum Gasteiger partial charge on any atom is -0.359 e. The zero-order valence-electron chi connectivity index (χ0n) is 12.2. The van der Waals surface area contributed by atoms with Crippen molar-refractivity contribution in [1.29, 1.82) is 0 Å². The van der Waals surface area contributed by atoms with Gasteiger partial charge in [0.15, 0.2) is 0 Å². The van der Waals surface area contributed by atoms with Crippen LogP contribution >= 0.6 is 0 Å². The van der Waals surface area contributed by atoms with Crippen molar-refractivity contribution in [3.63, 3.8) is 0 Å². The Hall–Kier alpha value is -1.36. The van der Waals surface area contributed by atoms with Crippen molar-refractivity contribution in [1.82, 2.24) is 9.97 Å². The van der Waals surface area contributed by atoms with Crippen LogP contribution in [0.3, 0.4) is 0 Å². The van der Waals surface area contributed by atoms with Gasteiger partial charge in [0.1, 0.15) is 18.0 Å². The van der Waals surface area contributed by atoms with E-state index in [2.05, 4.69) is 26.8 Å². The molecule has 19 heavy (non-hydrogen) atoms. The van der Waals surface area contributed by atoms with Gasteiger partial charge >= 0.3 is 0 Å². The monoisotopic (exact) mass is 263 g/mol. The Morgan fingerprint density at radius 3 is 2.42 bits per heavy atom. The van der Waals surface area contributed by atoms with Gasteiger partial charge in [-0.2, -0.15) is 0 Å². The second kappa shape index (κ2) is 6.19. The molecule has 1 unspecified atom stereocenters. The Morgan fingerprint density at radius 1 is 1.26 bits per heavy atom. The lowest BCUT2D eigenvalue weighted by atomic mass is 9.85. The van der Waals surface area contributed by atoms with Crippen molar-refractivity contribution >= 4 is 11.6 Å². The van der Waals surface area contributed by atoms with Gasteiger partial charge in [-0.1, -0.05) is 6.42 Å². The summed E-state index contributed by atoms with van der Waals surface area (Å²) in [6, 6.07) is 2.18. The number of nitrogens with zero attached hydrogens (tertiary/aromatic N) is 4. The molecule has 0 spiro atoms. The summed E-state index contributed by atoms with van der Waals surface area (Å²) in [5.41, 5.74) is 5.82. The predicted octanol–water partition coefficient (Wildman–Crippen LogP) is 1.50. The average Bonchev–Trinajstić information content (AvgIpc) is 2.33. The summed E-state index contributed by atoms with van der Waals surface area (Å²) in [4.78, 5) is 13.0. The zero-order valence-corrected chi connectivity index (χ0v) is 12.2. The number of aromatic nitrogens is 2. The van der Waals surface area contributed by atoms with Crippen LogP contribution < -0.4 is 15.5 Å². The highest BCUT2D eigenvalue weighted by atomic mass is 15.2. The van der Waals surface area contributed by atoms with E-state index in [0.717, 1.165) is 30.6 Å². The van der Waals surface area contributed by atoms with Crippen LogP contribution in [-0.2, 0) is 0 Å². The molecular weight excluding hydrogens is 238 g/mol. The largest absolute Gasteiger partial charge is 0.359 e. The molecule has 0 saturated heterocycles. The van der Waals surface area contributed by atoms with Crippen molar-refractivity contribution in [3.8, 4) is 0 Å². The molecule has 1 fully saturated rings. The molecule has 1 atom stereocenters. The van der Waals surface area contributed by atoms with E-state index in [0.29, 0.717) is 0 Å². The number of likely N-dealkylation sites (N-methyl/N-ethyl adjacent to an activating group) is 1. The lowest BCUT2D eigenvalue weighted by molar-refractivity contribution is 0.321. The van der Waals surface area contributed by atoms with E-state index < -0.39 is 0 Å². The molecule has 1 aromatic rings. The van der Waals surface area contributed by atoms with Crippen molar-refractivity contribution in [2.75, 3.05) is 37.0 Å². The van der Waals surface area contributed by atoms with Gasteiger partial charge in [-0.05, 0) is 25.7 Å². The van der Waals surface area contributed by atoms with Gasteiger partial charge < -0.3 is 15.5 Å². The quantitative estimate of drug-likeness (QED) is 0.843. The smallest absolute Gasteiger partial charge is 0.133 e. The van der Waals surface area contributed by atoms with E-state index >= 15 is 0 Å². The number of hydrogen-bond acceptors (Lipinski definition) is 5. The maximum Gasteiger partial charge on any atom is 0.133 e. The lowest BCUT2D eigenvalue weighted by Gasteiger charge is -2.31. The topological polar surface area (TPSA) is 58.3 Å². The molecule has 1 saturated carbocycles. The first-order valence-electron chi connectivity index (χ1n) is 7.06. The van der Waals surface area contributed by atoms with Crippen molar-refractivity contribution in [2.24, 2.45) is 11.7 Å². The van der Waals surface area contributed by atoms with E-state index in [1.54, 1.807) is 6.33 Å². The van der Waals surface area contributed by atoms with Crippen molar-refractivity contribution < 1.29 is 0 Å². The normalized spacial score (nSPS) is 16.8. The lowest BCUT2D eigenvalue weighted by Crippen LogP contribution is -2.34. The summed E-state index contributed by atoms with van der Waals surface area (Å²) >= 11 is 0. The number of nitrogens with two attached hydrogens (primary N) is 1. The molecule has 1 aliphatic rings. The number of hydrogen-bond donors (Lipinski definition) is 1. The Balaban J connectivity index is 2.00. The van der Waals surface area contributed by atoms with Gasteiger partial charge in [0.2, 0.25) is 0 Å². The van der Waals surface area contributed by atoms with E-state index in [-0.39, 0.29) is 6.04 Å². The summed E-state index contributed by atoms with van der Waals surface area (Å²) < 4.78 is 0. The standard InChI is InChI=1S/C14H25N5/c1-11(15)8-18(2)13-7-14(17-10-16-13)19(3)9-12-5-4-6-12/h7,10-12H,4-6,8-9,15H2,1-3H3. The Kier molecular flexibility index (Phi) is 4.58. The zero-order chi connectivity index (χ0) is 13.8. The predicted molar refractivity (Wildman–Crippen MR) is 79.6 cm³/mol. The molecule has 0 radical (unpaired) electrons. The summed E-state index contributed by atoms with van der Waals surface area (Å²) in [5, 5.41) is 0. The molecule has 1 aliphatic carbocycles. The fraction of sp³-hybridized carbons (Fsp3) is 0.714. The Morgan fingerprint density at radius 2 is 1.89 bits per heavy atom. The maximum atomic E-state index is 5.82. The minimum atomic E-state index is 0.135. The second-order valence-corrected chi connectivity index (χ2v) is 5.77. The summed E-state index contributed by atoms with van der Waals surface area (Å²) in [6.45, 7) is 3.89. The van der Waals surface area contributed by atoms with Crippen LogP contribution in [0.15, 0.2) is 12.4 Å². The number of anilines is 2. The van der Waals surface area contributed by atoms with Crippen LogP contribution in [0.2, 0.25) is 0 Å². The molecule has 2 rings (SSSR count). The van der Waals surface area contributed by atoms with E-state index in [4.69, 9.17) is 5.73 Å². The number of rotatable bonds is 6. The van der Waals surface area contributed by atoms with E-state index in [9.17, 15) is 0 Å². The Bertz CT molecular complexity index is 403. The highest BCUT2D eigenvalue weighted by Gasteiger charge is 2.20. The van der Waals surface area contributed by atoms with Crippen LogP contribution in [-0.4, -0.2) is 43.2 Å². The SMILES string of the molecule is CC(N)CN(C)c1cc(N(C)CC2CCC2)ncn1. The van der Waals surface area contributed by atoms with Crippen molar-refractivity contribution in [2.45, 2.75) is 32.2 Å². The third-order valence-electron chi connectivity index (χ3n) is 3.74. The molecule has 5 nitrogen and oxygen atoms in total. The van der Waals surface area contributed by atoms with E-state index in [1.807, 2.05) is 20.0 Å². The highest BCUT2D eigenvalue weighted by Crippen LogP contribution is 2.28. The fourth-order valence-corrected chi connectivity index (χ4v) is 2.44. The first-order chi connectivity index (χ1) is 9.06. The molecule has 0 aromatic carbocycles. The van der Waals surface area contributed by atoms with Crippen LogP contribution in [0, 0.1) is 5.92 Å². The molecular formula is C14H25N5. The fourth-order valence-electron chi connectivity index (χ4n) is 2.44. The van der Waals surface area contributed by atoms with Gasteiger partial charge in [0.05, 0.1) is 0 Å². The molecule has 106 valence electrons. The van der Waals surface area contributed by atoms with Crippen molar-refractivity contribution in [3.05, 3.63) is 12.4 Å². The van der Waals surface area contributed by atoms with Gasteiger partial charge in [-0.3, -0.25) is 0 Å². The summed E-state index contributed by atoms with van der Waals surface area (Å²) in [5.74, 6) is 2.77. The third kappa shape index (κ3) is 3.80. The highest BCUT2D eigenvalue weighted by molar-refractivity contribution is 5.49. The van der Waals surface area contributed by atoms with E-state index in [1.165, 1.54) is 19.3 Å². The minimum absolute atomic E-state index is 0.135. The Labute approximate surface area is 115 Å². The second-order valence-electron chi connectivity index (χ2n) is 5.77. The molecule has 0 bridgehead atoms. The van der Waals surface area contributed by atoms with Gasteiger partial charge in [0.25, 0.3) is 0 Å². The van der Waals surface area contributed by atoms with Gasteiger partial charge in [0, 0.05) is 39.3 Å².